The van der Waals surface area contributed by atoms with Crippen LogP contribution in [0.15, 0.2) is 39.8 Å². The van der Waals surface area contributed by atoms with Crippen LogP contribution >= 0.6 is 23.4 Å². The molecule has 0 unspecified atom stereocenters. The molecule has 6 heteroatoms. The van der Waals surface area contributed by atoms with Gasteiger partial charge in [-0.2, -0.15) is 4.98 Å². The highest BCUT2D eigenvalue weighted by Crippen LogP contribution is 2.34. The second kappa shape index (κ2) is 6.57. The van der Waals surface area contributed by atoms with Gasteiger partial charge in [0.25, 0.3) is 0 Å². The van der Waals surface area contributed by atoms with E-state index in [0.717, 1.165) is 10.6 Å². The number of carbonyl (C=O) groups is 1. The minimum absolute atomic E-state index is 0.125. The minimum Gasteiger partial charge on any atom is -0.432 e. The van der Waals surface area contributed by atoms with E-state index >= 15 is 0 Å². The molecule has 2 rings (SSSR count). The first kappa shape index (κ1) is 17.9. The highest BCUT2D eigenvalue weighted by Gasteiger charge is 2.30. The van der Waals surface area contributed by atoms with Crippen molar-refractivity contribution in [3.63, 3.8) is 0 Å². The third kappa shape index (κ3) is 4.75. The molecule has 1 N–H and O–H groups in total. The maximum atomic E-state index is 12.5. The van der Waals surface area contributed by atoms with Crippen LogP contribution in [0, 0.1) is 0 Å². The fraction of sp³-hybridized carbons (Fsp3) is 0.412. The second-order valence-corrected chi connectivity index (χ2v) is 8.94. The standard InChI is InChI=1S/C17H21ClN2O2S/c1-16(2,3)13-10-22-15(19-13)20-14(21)17(4,5)23-12-8-6-11(18)7-9-12/h6-10H,1-5H3,(H,19,20,21). The lowest BCUT2D eigenvalue weighted by atomic mass is 9.93. The number of thioether (sulfide) groups is 1. The van der Waals surface area contributed by atoms with Crippen molar-refractivity contribution in [3.8, 4) is 0 Å². The Morgan fingerprint density at radius 3 is 2.30 bits per heavy atom. The molecule has 2 aromatic rings. The molecule has 0 bridgehead atoms. The predicted molar refractivity (Wildman–Crippen MR) is 95.2 cm³/mol. The fourth-order valence-corrected chi connectivity index (χ4v) is 2.90. The van der Waals surface area contributed by atoms with Crippen LogP contribution in [0.4, 0.5) is 6.01 Å². The van der Waals surface area contributed by atoms with Crippen LogP contribution in [0.3, 0.4) is 0 Å². The molecule has 1 aromatic carbocycles. The quantitative estimate of drug-likeness (QED) is 0.774. The van der Waals surface area contributed by atoms with E-state index in [9.17, 15) is 4.79 Å². The van der Waals surface area contributed by atoms with Gasteiger partial charge in [0, 0.05) is 15.3 Å². The fourth-order valence-electron chi connectivity index (χ4n) is 1.77. The predicted octanol–water partition coefficient (Wildman–Crippen LogP) is 5.13. The van der Waals surface area contributed by atoms with Gasteiger partial charge in [0.2, 0.25) is 5.91 Å². The number of aromatic nitrogens is 1. The first-order chi connectivity index (χ1) is 10.6. The first-order valence-corrected chi connectivity index (χ1v) is 8.49. The largest absolute Gasteiger partial charge is 0.432 e. The van der Waals surface area contributed by atoms with E-state index in [1.54, 1.807) is 6.26 Å². The minimum atomic E-state index is -0.676. The summed E-state index contributed by atoms with van der Waals surface area (Å²) in [5.41, 5.74) is 0.677. The summed E-state index contributed by atoms with van der Waals surface area (Å²) in [5, 5.41) is 3.42. The summed E-state index contributed by atoms with van der Waals surface area (Å²) in [4.78, 5) is 17.8. The molecule has 1 amide bonds. The molecule has 0 atom stereocenters. The van der Waals surface area contributed by atoms with E-state index in [4.69, 9.17) is 16.0 Å². The van der Waals surface area contributed by atoms with E-state index in [1.807, 2.05) is 58.9 Å². The Bertz CT molecular complexity index is 687. The Balaban J connectivity index is 2.06. The van der Waals surface area contributed by atoms with Gasteiger partial charge in [-0.25, -0.2) is 0 Å². The van der Waals surface area contributed by atoms with Crippen molar-refractivity contribution in [2.24, 2.45) is 0 Å². The van der Waals surface area contributed by atoms with Crippen molar-refractivity contribution >= 4 is 35.3 Å². The lowest BCUT2D eigenvalue weighted by Crippen LogP contribution is -2.34. The lowest BCUT2D eigenvalue weighted by Gasteiger charge is -2.22. The van der Waals surface area contributed by atoms with Crippen LogP contribution in [0.1, 0.15) is 40.3 Å². The Hall–Kier alpha value is -1.46. The van der Waals surface area contributed by atoms with E-state index < -0.39 is 4.75 Å². The van der Waals surface area contributed by atoms with Crippen LogP contribution in [0.5, 0.6) is 0 Å². The van der Waals surface area contributed by atoms with Crippen molar-refractivity contribution < 1.29 is 9.21 Å². The monoisotopic (exact) mass is 352 g/mol. The molecule has 124 valence electrons. The molecule has 0 saturated heterocycles. The van der Waals surface area contributed by atoms with Gasteiger partial charge >= 0.3 is 6.01 Å². The molecule has 1 aromatic heterocycles. The van der Waals surface area contributed by atoms with Crippen LogP contribution in [0.25, 0.3) is 0 Å². The van der Waals surface area contributed by atoms with E-state index in [1.165, 1.54) is 11.8 Å². The number of amides is 1. The number of oxazole rings is 1. The number of rotatable bonds is 4. The average Bonchev–Trinajstić information content (AvgIpc) is 2.89. The summed E-state index contributed by atoms with van der Waals surface area (Å²) in [7, 11) is 0. The van der Waals surface area contributed by atoms with Gasteiger partial charge in [0.05, 0.1) is 10.4 Å². The zero-order valence-electron chi connectivity index (χ0n) is 13.9. The second-order valence-electron chi connectivity index (χ2n) is 6.81. The average molecular weight is 353 g/mol. The molecule has 0 saturated carbocycles. The molecule has 0 fully saturated rings. The smallest absolute Gasteiger partial charge is 0.301 e. The van der Waals surface area contributed by atoms with E-state index in [-0.39, 0.29) is 17.3 Å². The van der Waals surface area contributed by atoms with Crippen LogP contribution in [-0.4, -0.2) is 15.6 Å². The molecule has 1 heterocycles. The summed E-state index contributed by atoms with van der Waals surface area (Å²) < 4.78 is 4.68. The van der Waals surface area contributed by atoms with Gasteiger partial charge in [-0.1, -0.05) is 32.4 Å². The maximum absolute atomic E-state index is 12.5. The van der Waals surface area contributed by atoms with Gasteiger partial charge in [0.15, 0.2) is 0 Å². The Morgan fingerprint density at radius 1 is 1.17 bits per heavy atom. The number of nitrogens with zero attached hydrogens (tertiary/aromatic N) is 1. The van der Waals surface area contributed by atoms with Crippen molar-refractivity contribution in [3.05, 3.63) is 41.2 Å². The third-order valence-corrected chi connectivity index (χ3v) is 4.68. The molecule has 0 radical (unpaired) electrons. The summed E-state index contributed by atoms with van der Waals surface area (Å²) in [5.74, 6) is -0.167. The van der Waals surface area contributed by atoms with Crippen LogP contribution in [-0.2, 0) is 10.2 Å². The highest BCUT2D eigenvalue weighted by molar-refractivity contribution is 8.01. The third-order valence-electron chi connectivity index (χ3n) is 3.23. The summed E-state index contributed by atoms with van der Waals surface area (Å²) in [6.45, 7) is 9.83. The number of carbonyl (C=O) groups excluding carboxylic acids is 1. The van der Waals surface area contributed by atoms with Crippen LogP contribution in [0.2, 0.25) is 5.02 Å². The van der Waals surface area contributed by atoms with Gasteiger partial charge < -0.3 is 4.42 Å². The SMILES string of the molecule is CC(C)(Sc1ccc(Cl)cc1)C(=O)Nc1nc(C(C)(C)C)co1. The highest BCUT2D eigenvalue weighted by atomic mass is 35.5. The zero-order valence-corrected chi connectivity index (χ0v) is 15.5. The first-order valence-electron chi connectivity index (χ1n) is 7.30. The Kier molecular flexibility index (Phi) is 5.11. The summed E-state index contributed by atoms with van der Waals surface area (Å²) >= 11 is 7.34. The van der Waals surface area contributed by atoms with Crippen molar-refractivity contribution in [1.29, 1.82) is 0 Å². The molecule has 0 aliphatic rings. The van der Waals surface area contributed by atoms with Crippen molar-refractivity contribution in [1.82, 2.24) is 4.98 Å². The summed E-state index contributed by atoms with van der Waals surface area (Å²) in [6, 6.07) is 7.63. The van der Waals surface area contributed by atoms with Crippen LogP contribution < -0.4 is 5.32 Å². The normalized spacial score (nSPS) is 12.3. The lowest BCUT2D eigenvalue weighted by molar-refractivity contribution is -0.117. The molecule has 0 spiro atoms. The Labute approximate surface area is 146 Å². The van der Waals surface area contributed by atoms with Gasteiger partial charge in [-0.15, -0.1) is 11.8 Å². The van der Waals surface area contributed by atoms with Gasteiger partial charge in [-0.3, -0.25) is 10.1 Å². The molecule has 23 heavy (non-hydrogen) atoms. The van der Waals surface area contributed by atoms with E-state index in [0.29, 0.717) is 5.02 Å². The number of nitrogens with one attached hydrogen (secondary N) is 1. The molecule has 0 aliphatic carbocycles. The molecule has 0 aliphatic heterocycles. The number of halogens is 1. The Morgan fingerprint density at radius 2 is 1.78 bits per heavy atom. The zero-order chi connectivity index (χ0) is 17.3. The number of hydrogen-bond acceptors (Lipinski definition) is 4. The molecular weight excluding hydrogens is 332 g/mol. The number of anilines is 1. The number of hydrogen-bond donors (Lipinski definition) is 1. The summed E-state index contributed by atoms with van der Waals surface area (Å²) in [6.07, 6.45) is 1.58. The molecular formula is C17H21ClN2O2S. The molecule has 4 nitrogen and oxygen atoms in total. The van der Waals surface area contributed by atoms with Gasteiger partial charge in [-0.05, 0) is 38.1 Å². The van der Waals surface area contributed by atoms with Crippen molar-refractivity contribution in [2.45, 2.75) is 49.7 Å². The topological polar surface area (TPSA) is 55.1 Å². The van der Waals surface area contributed by atoms with Gasteiger partial charge in [0.1, 0.15) is 6.26 Å². The number of benzene rings is 1. The van der Waals surface area contributed by atoms with Crippen molar-refractivity contribution in [2.75, 3.05) is 5.32 Å². The van der Waals surface area contributed by atoms with E-state index in [2.05, 4.69) is 10.3 Å². The maximum Gasteiger partial charge on any atom is 0.301 e.